The molecule has 3 aromatic carbocycles. The first-order valence-electron chi connectivity index (χ1n) is 9.39. The molecule has 3 rings (SSSR count). The zero-order valence-corrected chi connectivity index (χ0v) is 17.9. The lowest BCUT2D eigenvalue weighted by atomic mass is 9.86. The summed E-state index contributed by atoms with van der Waals surface area (Å²) in [5.41, 5.74) is 1.09. The Morgan fingerprint density at radius 1 is 0.900 bits per heavy atom. The molecular formula is C23H24O6S. The number of carbonyl (C=O) groups is 1. The maximum atomic E-state index is 11.3. The Bertz CT molecular complexity index is 1160. The highest BCUT2D eigenvalue weighted by Gasteiger charge is 2.27. The molecule has 6 nitrogen and oxygen atoms in total. The standard InChI is InChI=1S/C23H24O6S/c1-23(2,22(24)25)14-16-5-9-20(10-6-16)28-15-17-4-7-19-13-21(29-30(3,26)27)11-8-18(19)12-17/h4-13H,14-15H2,1-3H3,(H,24,25). The van der Waals surface area contributed by atoms with Crippen LogP contribution in [0.15, 0.2) is 60.7 Å². The molecule has 0 saturated carbocycles. The Balaban J connectivity index is 1.65. The second-order valence-corrected chi connectivity index (χ2v) is 9.50. The topological polar surface area (TPSA) is 89.9 Å². The summed E-state index contributed by atoms with van der Waals surface area (Å²) < 4.78 is 33.3. The highest BCUT2D eigenvalue weighted by Crippen LogP contribution is 2.25. The molecule has 0 atom stereocenters. The van der Waals surface area contributed by atoms with Crippen LogP contribution in [0.4, 0.5) is 0 Å². The SMILES string of the molecule is CC(C)(Cc1ccc(OCc2ccc3cc(OS(C)(=O)=O)ccc3c2)cc1)C(=O)O. The van der Waals surface area contributed by atoms with Crippen molar-refractivity contribution in [2.24, 2.45) is 5.41 Å². The number of hydrogen-bond acceptors (Lipinski definition) is 5. The van der Waals surface area contributed by atoms with E-state index >= 15 is 0 Å². The van der Waals surface area contributed by atoms with Crippen molar-refractivity contribution in [3.05, 3.63) is 71.8 Å². The third kappa shape index (κ3) is 5.73. The molecule has 7 heteroatoms. The van der Waals surface area contributed by atoms with Crippen molar-refractivity contribution in [2.45, 2.75) is 26.9 Å². The predicted molar refractivity (Wildman–Crippen MR) is 115 cm³/mol. The molecule has 0 radical (unpaired) electrons. The van der Waals surface area contributed by atoms with E-state index in [1.54, 1.807) is 32.0 Å². The van der Waals surface area contributed by atoms with Crippen LogP contribution in [0.5, 0.6) is 11.5 Å². The summed E-state index contributed by atoms with van der Waals surface area (Å²) in [5.74, 6) is 0.151. The minimum Gasteiger partial charge on any atom is -0.489 e. The summed E-state index contributed by atoms with van der Waals surface area (Å²) in [5, 5.41) is 11.1. The average molecular weight is 429 g/mol. The number of hydrogen-bond donors (Lipinski definition) is 1. The molecule has 0 aromatic heterocycles. The fraction of sp³-hybridized carbons (Fsp3) is 0.261. The summed E-state index contributed by atoms with van der Waals surface area (Å²) in [6.45, 7) is 3.78. The number of carboxylic acid groups (broad SMARTS) is 1. The zero-order chi connectivity index (χ0) is 21.9. The summed E-state index contributed by atoms with van der Waals surface area (Å²) in [7, 11) is -3.56. The second-order valence-electron chi connectivity index (χ2n) is 7.93. The van der Waals surface area contributed by atoms with E-state index in [2.05, 4.69) is 0 Å². The number of carboxylic acids is 1. The van der Waals surface area contributed by atoms with Gasteiger partial charge >= 0.3 is 16.1 Å². The molecule has 30 heavy (non-hydrogen) atoms. The predicted octanol–water partition coefficient (Wildman–Crippen LogP) is 4.41. The zero-order valence-electron chi connectivity index (χ0n) is 17.1. The smallest absolute Gasteiger partial charge is 0.309 e. The van der Waals surface area contributed by atoms with Crippen LogP contribution in [0.3, 0.4) is 0 Å². The van der Waals surface area contributed by atoms with Gasteiger partial charge in [0.15, 0.2) is 0 Å². The summed E-state index contributed by atoms with van der Waals surface area (Å²) >= 11 is 0. The van der Waals surface area contributed by atoms with Crippen molar-refractivity contribution in [2.75, 3.05) is 6.26 Å². The largest absolute Gasteiger partial charge is 0.489 e. The van der Waals surface area contributed by atoms with Gasteiger partial charge in [0.1, 0.15) is 18.1 Å². The van der Waals surface area contributed by atoms with Gasteiger partial charge in [0.2, 0.25) is 0 Å². The second kappa shape index (κ2) is 8.36. The highest BCUT2D eigenvalue weighted by molar-refractivity contribution is 7.86. The van der Waals surface area contributed by atoms with Crippen LogP contribution in [-0.4, -0.2) is 25.7 Å². The number of ether oxygens (including phenoxy) is 1. The Morgan fingerprint density at radius 2 is 1.47 bits per heavy atom. The van der Waals surface area contributed by atoms with Crippen LogP contribution in [0.25, 0.3) is 10.8 Å². The lowest BCUT2D eigenvalue weighted by molar-refractivity contribution is -0.146. The summed E-state index contributed by atoms with van der Waals surface area (Å²) in [6, 6.07) is 18.3. The van der Waals surface area contributed by atoms with E-state index in [0.717, 1.165) is 28.2 Å². The van der Waals surface area contributed by atoms with Gasteiger partial charge in [-0.05, 0) is 72.5 Å². The number of rotatable bonds is 8. The van der Waals surface area contributed by atoms with E-state index in [4.69, 9.17) is 8.92 Å². The maximum Gasteiger partial charge on any atom is 0.309 e. The van der Waals surface area contributed by atoms with Gasteiger partial charge in [0, 0.05) is 0 Å². The molecule has 0 fully saturated rings. The maximum absolute atomic E-state index is 11.3. The van der Waals surface area contributed by atoms with Crippen LogP contribution >= 0.6 is 0 Å². The molecule has 0 heterocycles. The normalized spacial score (nSPS) is 12.0. The van der Waals surface area contributed by atoms with Crippen molar-refractivity contribution in [3.8, 4) is 11.5 Å². The van der Waals surface area contributed by atoms with Gasteiger partial charge in [-0.2, -0.15) is 8.42 Å². The first-order valence-corrected chi connectivity index (χ1v) is 11.2. The van der Waals surface area contributed by atoms with Gasteiger partial charge in [0.05, 0.1) is 11.7 Å². The van der Waals surface area contributed by atoms with Crippen molar-refractivity contribution in [1.82, 2.24) is 0 Å². The molecule has 0 unspecified atom stereocenters. The van der Waals surface area contributed by atoms with E-state index < -0.39 is 21.5 Å². The van der Waals surface area contributed by atoms with Crippen molar-refractivity contribution in [1.29, 1.82) is 0 Å². The Hall–Kier alpha value is -3.06. The first kappa shape index (κ1) is 21.6. The third-order valence-electron chi connectivity index (χ3n) is 4.68. The molecule has 158 valence electrons. The monoisotopic (exact) mass is 428 g/mol. The number of benzene rings is 3. The third-order valence-corrected chi connectivity index (χ3v) is 5.17. The van der Waals surface area contributed by atoms with E-state index in [-0.39, 0.29) is 5.75 Å². The Morgan fingerprint density at radius 3 is 2.10 bits per heavy atom. The van der Waals surface area contributed by atoms with Crippen LogP contribution in [0, 0.1) is 5.41 Å². The van der Waals surface area contributed by atoms with Gasteiger partial charge in [0.25, 0.3) is 0 Å². The van der Waals surface area contributed by atoms with Gasteiger partial charge in [-0.25, -0.2) is 0 Å². The van der Waals surface area contributed by atoms with Gasteiger partial charge in [-0.15, -0.1) is 0 Å². The molecule has 3 aromatic rings. The lowest BCUT2D eigenvalue weighted by Crippen LogP contribution is -2.26. The van der Waals surface area contributed by atoms with E-state index in [0.29, 0.717) is 18.8 Å². The van der Waals surface area contributed by atoms with E-state index in [1.165, 1.54) is 0 Å². The van der Waals surface area contributed by atoms with Crippen molar-refractivity contribution >= 4 is 26.9 Å². The Kier molecular flexibility index (Phi) is 6.03. The molecule has 0 bridgehead atoms. The molecule has 0 aliphatic carbocycles. The molecule has 0 aliphatic rings. The molecule has 0 spiro atoms. The van der Waals surface area contributed by atoms with Crippen molar-refractivity contribution < 1.29 is 27.2 Å². The quantitative estimate of drug-likeness (QED) is 0.535. The molecule has 1 N–H and O–H groups in total. The van der Waals surface area contributed by atoms with Gasteiger partial charge in [-0.1, -0.05) is 30.3 Å². The molecule has 0 aliphatic heterocycles. The lowest BCUT2D eigenvalue weighted by Gasteiger charge is -2.19. The minimum absolute atomic E-state index is 0.278. The van der Waals surface area contributed by atoms with Crippen LogP contribution in [-0.2, 0) is 27.9 Å². The van der Waals surface area contributed by atoms with Crippen molar-refractivity contribution in [3.63, 3.8) is 0 Å². The fourth-order valence-corrected chi connectivity index (χ4v) is 3.50. The summed E-state index contributed by atoms with van der Waals surface area (Å²) in [6.07, 6.45) is 1.45. The van der Waals surface area contributed by atoms with Gasteiger partial charge in [-0.3, -0.25) is 4.79 Å². The van der Waals surface area contributed by atoms with E-state index in [9.17, 15) is 18.3 Å². The fourth-order valence-electron chi connectivity index (χ4n) is 3.05. The highest BCUT2D eigenvalue weighted by atomic mass is 32.2. The van der Waals surface area contributed by atoms with Crippen LogP contribution < -0.4 is 8.92 Å². The number of aliphatic carboxylic acids is 1. The van der Waals surface area contributed by atoms with Crippen LogP contribution in [0.1, 0.15) is 25.0 Å². The molecule has 0 amide bonds. The minimum atomic E-state index is -3.56. The Labute approximate surface area is 176 Å². The number of fused-ring (bicyclic) bond motifs is 1. The average Bonchev–Trinajstić information content (AvgIpc) is 2.66. The first-order chi connectivity index (χ1) is 14.0. The van der Waals surface area contributed by atoms with Gasteiger partial charge < -0.3 is 14.0 Å². The molecule has 0 saturated heterocycles. The van der Waals surface area contributed by atoms with E-state index in [1.807, 2.05) is 42.5 Å². The molecular weight excluding hydrogens is 404 g/mol. The van der Waals surface area contributed by atoms with Crippen LogP contribution in [0.2, 0.25) is 0 Å². The summed E-state index contributed by atoms with van der Waals surface area (Å²) in [4.78, 5) is 11.3.